The van der Waals surface area contributed by atoms with E-state index in [-0.39, 0.29) is 18.7 Å². The molecule has 1 fully saturated rings. The number of amides is 1. The zero-order valence-corrected chi connectivity index (χ0v) is 11.7. The first-order valence-electron chi connectivity index (χ1n) is 6.73. The van der Waals surface area contributed by atoms with Crippen LogP contribution in [0.2, 0.25) is 5.02 Å². The van der Waals surface area contributed by atoms with Crippen LogP contribution in [-0.2, 0) is 0 Å². The average Bonchev–Trinajstić information content (AvgIpc) is 2.90. The Hall–Kier alpha value is -1.46. The largest absolute Gasteiger partial charge is 0.454 e. The van der Waals surface area contributed by atoms with Gasteiger partial charge in [0.15, 0.2) is 11.5 Å². The van der Waals surface area contributed by atoms with Gasteiger partial charge >= 0.3 is 0 Å². The molecule has 1 heterocycles. The number of carbonyl (C=O) groups excluding carboxylic acids is 1. The minimum Gasteiger partial charge on any atom is -0.454 e. The lowest BCUT2D eigenvalue weighted by Gasteiger charge is -2.28. The molecule has 1 amide bonds. The van der Waals surface area contributed by atoms with Gasteiger partial charge < -0.3 is 19.9 Å². The molecule has 3 rings (SSSR count). The van der Waals surface area contributed by atoms with Crippen LogP contribution < -0.4 is 14.8 Å². The molecule has 108 valence electrons. The Labute approximate surface area is 121 Å². The molecule has 0 radical (unpaired) electrons. The van der Waals surface area contributed by atoms with Crippen LogP contribution in [0.25, 0.3) is 0 Å². The van der Waals surface area contributed by atoms with E-state index in [1.165, 1.54) is 0 Å². The van der Waals surface area contributed by atoms with Crippen LogP contribution in [-0.4, -0.2) is 30.0 Å². The van der Waals surface area contributed by atoms with Gasteiger partial charge in [0, 0.05) is 5.56 Å². The standard InChI is InChI=1S/C14H16ClNO4/c15-9-5-8(6-12-13(9)20-7-19-12)14(18)16-10-3-1-2-4-11(10)17/h5-6,10-11,17H,1-4,7H2,(H,16,18)/t10-,11-/m0/s1. The smallest absolute Gasteiger partial charge is 0.251 e. The molecule has 0 aromatic heterocycles. The Bertz CT molecular complexity index is 534. The maximum atomic E-state index is 12.2. The quantitative estimate of drug-likeness (QED) is 0.877. The summed E-state index contributed by atoms with van der Waals surface area (Å²) < 4.78 is 10.5. The van der Waals surface area contributed by atoms with Crippen LogP contribution in [0.5, 0.6) is 11.5 Å². The van der Waals surface area contributed by atoms with Crippen molar-refractivity contribution in [1.29, 1.82) is 0 Å². The summed E-state index contributed by atoms with van der Waals surface area (Å²) in [4.78, 5) is 12.2. The number of nitrogens with one attached hydrogen (secondary N) is 1. The zero-order chi connectivity index (χ0) is 14.1. The van der Waals surface area contributed by atoms with Gasteiger partial charge in [0.1, 0.15) is 0 Å². The number of ether oxygens (including phenoxy) is 2. The highest BCUT2D eigenvalue weighted by Gasteiger charge is 2.26. The van der Waals surface area contributed by atoms with Gasteiger partial charge in [-0.25, -0.2) is 0 Å². The summed E-state index contributed by atoms with van der Waals surface area (Å²) in [6.07, 6.45) is 3.07. The van der Waals surface area contributed by atoms with Gasteiger partial charge in [-0.1, -0.05) is 24.4 Å². The first kappa shape index (κ1) is 13.5. The second kappa shape index (κ2) is 5.50. The van der Waals surface area contributed by atoms with Gasteiger partial charge in [0.05, 0.1) is 17.2 Å². The van der Waals surface area contributed by atoms with E-state index < -0.39 is 6.10 Å². The lowest BCUT2D eigenvalue weighted by molar-refractivity contribution is 0.0717. The highest BCUT2D eigenvalue weighted by Crippen LogP contribution is 2.39. The molecule has 1 aromatic carbocycles. The number of halogens is 1. The molecular formula is C14H16ClNO4. The molecule has 1 saturated carbocycles. The highest BCUT2D eigenvalue weighted by molar-refractivity contribution is 6.32. The Balaban J connectivity index is 1.75. The van der Waals surface area contributed by atoms with Crippen molar-refractivity contribution in [2.45, 2.75) is 37.8 Å². The van der Waals surface area contributed by atoms with Crippen molar-refractivity contribution in [2.75, 3.05) is 6.79 Å². The van der Waals surface area contributed by atoms with Gasteiger partial charge in [-0.15, -0.1) is 0 Å². The number of aliphatic hydroxyl groups is 1. The Morgan fingerprint density at radius 2 is 2.10 bits per heavy atom. The van der Waals surface area contributed by atoms with Crippen LogP contribution in [0.1, 0.15) is 36.0 Å². The number of rotatable bonds is 2. The van der Waals surface area contributed by atoms with Gasteiger partial charge in [-0.05, 0) is 25.0 Å². The van der Waals surface area contributed by atoms with Crippen molar-refractivity contribution in [2.24, 2.45) is 0 Å². The Morgan fingerprint density at radius 3 is 2.90 bits per heavy atom. The minimum atomic E-state index is -0.475. The molecule has 0 unspecified atom stereocenters. The Morgan fingerprint density at radius 1 is 1.30 bits per heavy atom. The lowest BCUT2D eigenvalue weighted by Crippen LogP contribution is -2.45. The highest BCUT2D eigenvalue weighted by atomic mass is 35.5. The second-order valence-corrected chi connectivity index (χ2v) is 5.53. The van der Waals surface area contributed by atoms with Crippen LogP contribution in [0.15, 0.2) is 12.1 Å². The predicted octanol–water partition coefficient (Wildman–Crippen LogP) is 2.10. The molecule has 0 bridgehead atoms. The first-order valence-corrected chi connectivity index (χ1v) is 7.11. The number of aliphatic hydroxyl groups excluding tert-OH is 1. The summed E-state index contributed by atoms with van der Waals surface area (Å²) in [5, 5.41) is 13.1. The third-order valence-electron chi connectivity index (χ3n) is 3.74. The fourth-order valence-corrected chi connectivity index (χ4v) is 2.90. The number of fused-ring (bicyclic) bond motifs is 1. The summed E-state index contributed by atoms with van der Waals surface area (Å²) in [5.41, 5.74) is 0.414. The van der Waals surface area contributed by atoms with E-state index >= 15 is 0 Å². The lowest BCUT2D eigenvalue weighted by atomic mass is 9.92. The van der Waals surface area contributed by atoms with Crippen molar-refractivity contribution in [3.63, 3.8) is 0 Å². The summed E-state index contributed by atoms with van der Waals surface area (Å²) in [7, 11) is 0. The number of hydrogen-bond acceptors (Lipinski definition) is 4. The van der Waals surface area contributed by atoms with E-state index in [9.17, 15) is 9.90 Å². The van der Waals surface area contributed by atoms with Gasteiger partial charge in [-0.2, -0.15) is 0 Å². The molecule has 1 aliphatic carbocycles. The number of hydrogen-bond donors (Lipinski definition) is 2. The molecule has 6 heteroatoms. The van der Waals surface area contributed by atoms with Gasteiger partial charge in [0.2, 0.25) is 6.79 Å². The molecule has 0 saturated heterocycles. The third-order valence-corrected chi connectivity index (χ3v) is 4.02. The maximum Gasteiger partial charge on any atom is 0.251 e. The number of benzene rings is 1. The molecular weight excluding hydrogens is 282 g/mol. The third kappa shape index (κ3) is 2.55. The van der Waals surface area contributed by atoms with Gasteiger partial charge in [-0.3, -0.25) is 4.79 Å². The zero-order valence-electron chi connectivity index (χ0n) is 10.9. The maximum absolute atomic E-state index is 12.2. The topological polar surface area (TPSA) is 67.8 Å². The fourth-order valence-electron chi connectivity index (χ4n) is 2.63. The van der Waals surface area contributed by atoms with E-state index in [2.05, 4.69) is 5.32 Å². The van der Waals surface area contributed by atoms with Gasteiger partial charge in [0.25, 0.3) is 5.91 Å². The van der Waals surface area contributed by atoms with Crippen LogP contribution in [0.3, 0.4) is 0 Å². The van der Waals surface area contributed by atoms with Crippen LogP contribution in [0, 0.1) is 0 Å². The fraction of sp³-hybridized carbons (Fsp3) is 0.500. The first-order chi connectivity index (χ1) is 9.65. The van der Waals surface area contributed by atoms with E-state index in [1.54, 1.807) is 12.1 Å². The molecule has 2 atom stereocenters. The Kier molecular flexibility index (Phi) is 3.72. The molecule has 20 heavy (non-hydrogen) atoms. The minimum absolute atomic E-state index is 0.113. The molecule has 1 aliphatic heterocycles. The van der Waals surface area contributed by atoms with Crippen molar-refractivity contribution in [3.05, 3.63) is 22.7 Å². The summed E-state index contributed by atoms with van der Waals surface area (Å²) >= 11 is 6.06. The van der Waals surface area contributed by atoms with E-state index in [0.717, 1.165) is 25.7 Å². The normalized spacial score (nSPS) is 24.5. The van der Waals surface area contributed by atoms with E-state index in [1.807, 2.05) is 0 Å². The van der Waals surface area contributed by atoms with Crippen molar-refractivity contribution >= 4 is 17.5 Å². The average molecular weight is 298 g/mol. The summed E-state index contributed by atoms with van der Waals surface area (Å²) in [6, 6.07) is 2.97. The van der Waals surface area contributed by atoms with Crippen LogP contribution >= 0.6 is 11.6 Å². The van der Waals surface area contributed by atoms with Crippen molar-refractivity contribution in [3.8, 4) is 11.5 Å². The molecule has 1 aromatic rings. The van der Waals surface area contributed by atoms with Crippen LogP contribution in [0.4, 0.5) is 0 Å². The number of carbonyl (C=O) groups is 1. The SMILES string of the molecule is O=C(N[C@H]1CCCC[C@@H]1O)c1cc(Cl)c2c(c1)OCO2. The molecule has 0 spiro atoms. The van der Waals surface area contributed by atoms with E-state index in [4.69, 9.17) is 21.1 Å². The van der Waals surface area contributed by atoms with E-state index in [0.29, 0.717) is 22.1 Å². The second-order valence-electron chi connectivity index (χ2n) is 5.12. The predicted molar refractivity (Wildman–Crippen MR) is 73.3 cm³/mol. The summed E-state index contributed by atoms with van der Waals surface area (Å²) in [5.74, 6) is 0.698. The molecule has 2 aliphatic rings. The monoisotopic (exact) mass is 297 g/mol. The van der Waals surface area contributed by atoms with Crippen molar-refractivity contribution in [1.82, 2.24) is 5.32 Å². The molecule has 2 N–H and O–H groups in total. The summed E-state index contributed by atoms with van der Waals surface area (Å²) in [6.45, 7) is 0.113. The molecule has 5 nitrogen and oxygen atoms in total. The van der Waals surface area contributed by atoms with Crippen molar-refractivity contribution < 1.29 is 19.4 Å².